The quantitative estimate of drug-likeness (QED) is 0.475. The normalized spacial score (nSPS) is 40.7. The predicted molar refractivity (Wildman–Crippen MR) is 38.3 cm³/mol. The summed E-state index contributed by atoms with van der Waals surface area (Å²) in [6.45, 7) is 0. The van der Waals surface area contributed by atoms with Gasteiger partial charge in [0.1, 0.15) is 0 Å². The summed E-state index contributed by atoms with van der Waals surface area (Å²) in [5.41, 5.74) is -1.24. The number of aliphatic hydroxyl groups excluding tert-OH is 1. The molecule has 56 valence electrons. The Balaban J connectivity index is 2.65. The molecule has 0 aliphatic heterocycles. The van der Waals surface area contributed by atoms with Crippen LogP contribution < -0.4 is 0 Å². The number of aliphatic hydroxyl groups is 2. The highest BCUT2D eigenvalue weighted by Crippen LogP contribution is 2.27. The SMILES string of the molecule is C#C[C@@]1(O)CCCC[C@@H]1O. The van der Waals surface area contributed by atoms with E-state index in [0.29, 0.717) is 12.8 Å². The Bertz CT molecular complexity index is 159. The maximum Gasteiger partial charge on any atom is 0.150 e. The van der Waals surface area contributed by atoms with Gasteiger partial charge in [0.15, 0.2) is 5.60 Å². The van der Waals surface area contributed by atoms with Crippen molar-refractivity contribution in [3.63, 3.8) is 0 Å². The summed E-state index contributed by atoms with van der Waals surface area (Å²) in [6, 6.07) is 0. The van der Waals surface area contributed by atoms with E-state index in [2.05, 4.69) is 5.92 Å². The molecule has 0 heterocycles. The lowest BCUT2D eigenvalue weighted by atomic mass is 9.83. The Morgan fingerprint density at radius 2 is 2.20 bits per heavy atom. The molecule has 0 aromatic heterocycles. The topological polar surface area (TPSA) is 40.5 Å². The zero-order valence-corrected chi connectivity index (χ0v) is 5.88. The standard InChI is InChI=1S/C8H12O2/c1-2-8(10)6-4-3-5-7(8)9/h1,7,9-10H,3-6H2/t7-,8+/m0/s1. The van der Waals surface area contributed by atoms with Crippen molar-refractivity contribution in [2.24, 2.45) is 0 Å². The first-order valence-electron chi connectivity index (χ1n) is 3.57. The van der Waals surface area contributed by atoms with Gasteiger partial charge in [0.25, 0.3) is 0 Å². The zero-order valence-electron chi connectivity index (χ0n) is 5.88. The first-order chi connectivity index (χ1) is 4.69. The minimum Gasteiger partial charge on any atom is -0.389 e. The lowest BCUT2D eigenvalue weighted by Crippen LogP contribution is -2.43. The van der Waals surface area contributed by atoms with Crippen molar-refractivity contribution in [3.05, 3.63) is 0 Å². The first kappa shape index (κ1) is 7.59. The average Bonchev–Trinajstić information content (AvgIpc) is 1.96. The summed E-state index contributed by atoms with van der Waals surface area (Å²) in [6.07, 6.45) is 7.39. The minimum atomic E-state index is -1.24. The molecule has 10 heavy (non-hydrogen) atoms. The molecule has 0 spiro atoms. The third-order valence-electron chi connectivity index (χ3n) is 2.09. The monoisotopic (exact) mass is 140 g/mol. The van der Waals surface area contributed by atoms with Crippen LogP contribution in [0.15, 0.2) is 0 Å². The van der Waals surface area contributed by atoms with Gasteiger partial charge in [-0.25, -0.2) is 0 Å². The molecule has 0 amide bonds. The summed E-state index contributed by atoms with van der Waals surface area (Å²) in [5.74, 6) is 2.24. The molecule has 1 saturated carbocycles. The van der Waals surface area contributed by atoms with Crippen molar-refractivity contribution in [2.45, 2.75) is 37.4 Å². The van der Waals surface area contributed by atoms with Gasteiger partial charge in [0.2, 0.25) is 0 Å². The molecule has 2 heteroatoms. The molecule has 2 N–H and O–H groups in total. The largest absolute Gasteiger partial charge is 0.389 e. The van der Waals surface area contributed by atoms with Crippen LogP contribution >= 0.6 is 0 Å². The second-order valence-corrected chi connectivity index (χ2v) is 2.83. The highest BCUT2D eigenvalue weighted by atomic mass is 16.3. The molecule has 0 radical (unpaired) electrons. The number of rotatable bonds is 0. The summed E-state index contributed by atoms with van der Waals surface area (Å²) in [4.78, 5) is 0. The van der Waals surface area contributed by atoms with E-state index in [1.807, 2.05) is 0 Å². The Hall–Kier alpha value is -0.520. The lowest BCUT2D eigenvalue weighted by Gasteiger charge is -2.31. The Morgan fingerprint density at radius 3 is 2.60 bits per heavy atom. The van der Waals surface area contributed by atoms with Crippen molar-refractivity contribution in [2.75, 3.05) is 0 Å². The highest BCUT2D eigenvalue weighted by molar-refractivity contribution is 5.12. The number of terminal acetylenes is 1. The van der Waals surface area contributed by atoms with Gasteiger partial charge in [0, 0.05) is 0 Å². The fraction of sp³-hybridized carbons (Fsp3) is 0.750. The molecule has 0 aromatic carbocycles. The summed E-state index contributed by atoms with van der Waals surface area (Å²) < 4.78 is 0. The van der Waals surface area contributed by atoms with E-state index >= 15 is 0 Å². The molecule has 2 nitrogen and oxygen atoms in total. The van der Waals surface area contributed by atoms with Crippen LogP contribution in [0.4, 0.5) is 0 Å². The smallest absolute Gasteiger partial charge is 0.150 e. The predicted octanol–water partition coefficient (Wildman–Crippen LogP) is 0.286. The van der Waals surface area contributed by atoms with Crippen molar-refractivity contribution in [3.8, 4) is 12.3 Å². The lowest BCUT2D eigenvalue weighted by molar-refractivity contribution is -0.0583. The molecule has 1 rings (SSSR count). The maximum absolute atomic E-state index is 9.46. The van der Waals surface area contributed by atoms with Gasteiger partial charge < -0.3 is 10.2 Å². The van der Waals surface area contributed by atoms with Crippen LogP contribution in [-0.4, -0.2) is 21.9 Å². The molecule has 0 aromatic rings. The van der Waals surface area contributed by atoms with Crippen molar-refractivity contribution in [1.82, 2.24) is 0 Å². The van der Waals surface area contributed by atoms with Crippen LogP contribution in [0.25, 0.3) is 0 Å². The van der Waals surface area contributed by atoms with Crippen LogP contribution in [0.1, 0.15) is 25.7 Å². The van der Waals surface area contributed by atoms with E-state index in [-0.39, 0.29) is 0 Å². The third-order valence-corrected chi connectivity index (χ3v) is 2.09. The number of hydrogen-bond donors (Lipinski definition) is 2. The van der Waals surface area contributed by atoms with Gasteiger partial charge in [-0.15, -0.1) is 6.42 Å². The Morgan fingerprint density at radius 1 is 1.50 bits per heavy atom. The molecule has 0 unspecified atom stereocenters. The van der Waals surface area contributed by atoms with Crippen molar-refractivity contribution >= 4 is 0 Å². The van der Waals surface area contributed by atoms with Crippen LogP contribution in [0, 0.1) is 12.3 Å². The van der Waals surface area contributed by atoms with Gasteiger partial charge in [-0.2, -0.15) is 0 Å². The van der Waals surface area contributed by atoms with E-state index in [1.165, 1.54) is 0 Å². The van der Waals surface area contributed by atoms with Crippen molar-refractivity contribution in [1.29, 1.82) is 0 Å². The maximum atomic E-state index is 9.46. The molecule has 2 atom stereocenters. The van der Waals surface area contributed by atoms with E-state index in [1.54, 1.807) is 0 Å². The second-order valence-electron chi connectivity index (χ2n) is 2.83. The van der Waals surface area contributed by atoms with Crippen molar-refractivity contribution < 1.29 is 10.2 Å². The van der Waals surface area contributed by atoms with E-state index < -0.39 is 11.7 Å². The molecule has 1 fully saturated rings. The summed E-state index contributed by atoms with van der Waals surface area (Å²) >= 11 is 0. The molecule has 0 bridgehead atoms. The second kappa shape index (κ2) is 2.61. The van der Waals surface area contributed by atoms with Gasteiger partial charge in [-0.05, 0) is 19.3 Å². The van der Waals surface area contributed by atoms with Crippen LogP contribution in [0.3, 0.4) is 0 Å². The molecule has 1 aliphatic carbocycles. The molecular formula is C8H12O2. The Labute approximate surface area is 60.9 Å². The van der Waals surface area contributed by atoms with Gasteiger partial charge in [0.05, 0.1) is 6.10 Å². The molecular weight excluding hydrogens is 128 g/mol. The van der Waals surface area contributed by atoms with Crippen LogP contribution in [0.5, 0.6) is 0 Å². The van der Waals surface area contributed by atoms with E-state index in [9.17, 15) is 10.2 Å². The van der Waals surface area contributed by atoms with Crippen LogP contribution in [-0.2, 0) is 0 Å². The molecule has 1 aliphatic rings. The third kappa shape index (κ3) is 1.16. The summed E-state index contributed by atoms with van der Waals surface area (Å²) in [5, 5.41) is 18.7. The summed E-state index contributed by atoms with van der Waals surface area (Å²) in [7, 11) is 0. The zero-order chi connectivity index (χ0) is 7.61. The first-order valence-corrected chi connectivity index (χ1v) is 3.57. The Kier molecular flexibility index (Phi) is 1.98. The fourth-order valence-electron chi connectivity index (χ4n) is 1.31. The minimum absolute atomic E-state index is 0.532. The van der Waals surface area contributed by atoms with E-state index in [0.717, 1.165) is 12.8 Å². The van der Waals surface area contributed by atoms with E-state index in [4.69, 9.17) is 6.42 Å². The number of hydrogen-bond acceptors (Lipinski definition) is 2. The fourth-order valence-corrected chi connectivity index (χ4v) is 1.31. The molecule has 0 saturated heterocycles. The van der Waals surface area contributed by atoms with Gasteiger partial charge >= 0.3 is 0 Å². The average molecular weight is 140 g/mol. The van der Waals surface area contributed by atoms with Gasteiger partial charge in [-0.3, -0.25) is 0 Å². The highest BCUT2D eigenvalue weighted by Gasteiger charge is 2.35. The van der Waals surface area contributed by atoms with Crippen LogP contribution in [0.2, 0.25) is 0 Å². The van der Waals surface area contributed by atoms with Gasteiger partial charge in [-0.1, -0.05) is 12.3 Å².